The molecule has 1 saturated carbocycles. The Morgan fingerprint density at radius 1 is 1.10 bits per heavy atom. The van der Waals surface area contributed by atoms with Crippen LogP contribution >= 0.6 is 11.8 Å². The van der Waals surface area contributed by atoms with Crippen molar-refractivity contribution in [3.8, 4) is 0 Å². The number of hydrogen-bond acceptors (Lipinski definition) is 6. The molecule has 0 bridgehead atoms. The lowest BCUT2D eigenvalue weighted by Gasteiger charge is -2.08. The molecule has 0 aliphatic heterocycles. The second-order valence-electron chi connectivity index (χ2n) is 7.50. The minimum Gasteiger partial charge on any atom is -0.293 e. The van der Waals surface area contributed by atoms with Crippen LogP contribution < -0.4 is 4.72 Å². The molecule has 1 N–H and O–H groups in total. The summed E-state index contributed by atoms with van der Waals surface area (Å²) in [5, 5.41) is 1.84. The Morgan fingerprint density at radius 2 is 1.83 bits per heavy atom. The van der Waals surface area contributed by atoms with Gasteiger partial charge in [0.2, 0.25) is 10.0 Å². The molecular formula is C22H23N3O3S2. The van der Waals surface area contributed by atoms with Crippen molar-refractivity contribution >= 4 is 38.5 Å². The molecule has 2 aromatic carbocycles. The van der Waals surface area contributed by atoms with Gasteiger partial charge in [0.15, 0.2) is 5.78 Å². The summed E-state index contributed by atoms with van der Waals surface area (Å²) in [4.78, 5) is 22.1. The van der Waals surface area contributed by atoms with E-state index in [9.17, 15) is 13.2 Å². The van der Waals surface area contributed by atoms with Crippen LogP contribution in [0.4, 0.5) is 0 Å². The van der Waals surface area contributed by atoms with Crippen molar-refractivity contribution in [2.75, 3.05) is 18.6 Å². The number of ketones is 1. The number of nitrogens with one attached hydrogen (secondary N) is 1. The predicted molar refractivity (Wildman–Crippen MR) is 120 cm³/mol. The molecule has 3 aromatic rings. The largest absolute Gasteiger partial charge is 0.293 e. The van der Waals surface area contributed by atoms with Gasteiger partial charge in [0.05, 0.1) is 17.5 Å². The summed E-state index contributed by atoms with van der Waals surface area (Å²) in [5.74, 6) is 1.68. The molecule has 0 unspecified atom stereocenters. The Bertz CT molecular complexity index is 1170. The van der Waals surface area contributed by atoms with Crippen LogP contribution in [0.1, 0.15) is 40.5 Å². The molecule has 1 aliphatic rings. The number of benzene rings is 2. The van der Waals surface area contributed by atoms with Crippen LogP contribution in [0.25, 0.3) is 10.9 Å². The third kappa shape index (κ3) is 5.44. The van der Waals surface area contributed by atoms with Gasteiger partial charge in [0, 0.05) is 23.4 Å². The van der Waals surface area contributed by atoms with E-state index in [1.807, 2.05) is 36.4 Å². The predicted octanol–water partition coefficient (Wildman–Crippen LogP) is 3.57. The maximum Gasteiger partial charge on any atom is 0.208 e. The van der Waals surface area contributed by atoms with Gasteiger partial charge in [-0.15, -0.1) is 0 Å². The summed E-state index contributed by atoms with van der Waals surface area (Å²) in [6.07, 6.45) is 3.98. The monoisotopic (exact) mass is 441 g/mol. The lowest BCUT2D eigenvalue weighted by atomic mass is 10.1. The van der Waals surface area contributed by atoms with Crippen LogP contribution in [0.15, 0.2) is 53.6 Å². The van der Waals surface area contributed by atoms with Gasteiger partial charge in [-0.25, -0.2) is 23.1 Å². The molecule has 0 radical (unpaired) electrons. The highest BCUT2D eigenvalue weighted by atomic mass is 32.2. The van der Waals surface area contributed by atoms with Crippen LogP contribution in [0.3, 0.4) is 0 Å². The Labute approximate surface area is 180 Å². The minimum absolute atomic E-state index is 0.0384. The summed E-state index contributed by atoms with van der Waals surface area (Å²) in [7, 11) is -3.19. The van der Waals surface area contributed by atoms with E-state index in [0.29, 0.717) is 30.2 Å². The van der Waals surface area contributed by atoms with Crippen LogP contribution in [0.5, 0.6) is 0 Å². The summed E-state index contributed by atoms with van der Waals surface area (Å²) in [5.41, 5.74) is 2.55. The summed E-state index contributed by atoms with van der Waals surface area (Å²) < 4.78 is 24.7. The summed E-state index contributed by atoms with van der Waals surface area (Å²) in [6.45, 7) is 0.339. The zero-order chi connectivity index (χ0) is 21.1. The second kappa shape index (κ2) is 8.83. The van der Waals surface area contributed by atoms with Gasteiger partial charge in [-0.1, -0.05) is 54.2 Å². The third-order valence-corrected chi connectivity index (χ3v) is 6.64. The number of thioether (sulfide) groups is 1. The molecule has 30 heavy (non-hydrogen) atoms. The van der Waals surface area contributed by atoms with Gasteiger partial charge in [-0.2, -0.15) is 0 Å². The number of carbonyl (C=O) groups is 1. The Kier molecular flexibility index (Phi) is 6.17. The summed E-state index contributed by atoms with van der Waals surface area (Å²) >= 11 is 1.46. The molecule has 0 atom stereocenters. The Balaban J connectivity index is 1.41. The number of sulfonamides is 1. The molecule has 1 aliphatic carbocycles. The first-order chi connectivity index (χ1) is 14.4. The minimum atomic E-state index is -3.19. The number of Topliss-reactive ketones (excluding diaryl/α,β-unsaturated/α-hetero) is 1. The number of rotatable bonds is 9. The fraction of sp³-hybridized carbons (Fsp3) is 0.318. The highest BCUT2D eigenvalue weighted by molar-refractivity contribution is 8.00. The smallest absolute Gasteiger partial charge is 0.208 e. The molecule has 1 aromatic heterocycles. The molecule has 0 amide bonds. The van der Waals surface area contributed by atoms with Gasteiger partial charge in [-0.3, -0.25) is 4.79 Å². The van der Waals surface area contributed by atoms with Crippen LogP contribution in [-0.2, 0) is 16.4 Å². The molecule has 1 heterocycles. The lowest BCUT2D eigenvalue weighted by Crippen LogP contribution is -2.24. The first kappa shape index (κ1) is 21.0. The van der Waals surface area contributed by atoms with Gasteiger partial charge in [0.25, 0.3) is 0 Å². The van der Waals surface area contributed by atoms with E-state index in [0.717, 1.165) is 46.4 Å². The van der Waals surface area contributed by atoms with Gasteiger partial charge >= 0.3 is 0 Å². The van der Waals surface area contributed by atoms with Crippen molar-refractivity contribution in [3.05, 3.63) is 65.5 Å². The van der Waals surface area contributed by atoms with Crippen molar-refractivity contribution in [2.24, 2.45) is 0 Å². The van der Waals surface area contributed by atoms with Crippen molar-refractivity contribution in [1.82, 2.24) is 14.7 Å². The first-order valence-electron chi connectivity index (χ1n) is 9.85. The first-order valence-corrected chi connectivity index (χ1v) is 12.7. The van der Waals surface area contributed by atoms with Gasteiger partial charge in [0.1, 0.15) is 10.9 Å². The highest BCUT2D eigenvalue weighted by Crippen LogP contribution is 2.39. The maximum atomic E-state index is 12.7. The molecule has 1 fully saturated rings. The average Bonchev–Trinajstić information content (AvgIpc) is 3.56. The van der Waals surface area contributed by atoms with Crippen molar-refractivity contribution in [2.45, 2.75) is 30.2 Å². The SMILES string of the molecule is CS(=O)(=O)NCCc1ccc(C(=O)CSc2nc(C3CC3)nc3ccccc23)cc1. The zero-order valence-corrected chi connectivity index (χ0v) is 18.3. The number of carbonyl (C=O) groups excluding carboxylic acids is 1. The molecule has 8 heteroatoms. The van der Waals surface area contributed by atoms with E-state index < -0.39 is 10.0 Å². The van der Waals surface area contributed by atoms with Crippen LogP contribution in [-0.4, -0.2) is 42.7 Å². The number of hydrogen-bond donors (Lipinski definition) is 1. The highest BCUT2D eigenvalue weighted by Gasteiger charge is 2.27. The van der Waals surface area contributed by atoms with Crippen LogP contribution in [0, 0.1) is 0 Å². The van der Waals surface area contributed by atoms with Gasteiger partial charge < -0.3 is 0 Å². The van der Waals surface area contributed by atoms with Crippen LogP contribution in [0.2, 0.25) is 0 Å². The number of para-hydroxylation sites is 1. The van der Waals surface area contributed by atoms with E-state index in [4.69, 9.17) is 4.98 Å². The van der Waals surface area contributed by atoms with E-state index in [-0.39, 0.29) is 5.78 Å². The Morgan fingerprint density at radius 3 is 2.53 bits per heavy atom. The quantitative estimate of drug-likeness (QED) is 0.310. The number of nitrogens with zero attached hydrogens (tertiary/aromatic N) is 2. The Hall–Kier alpha value is -2.29. The zero-order valence-electron chi connectivity index (χ0n) is 16.7. The van der Waals surface area contributed by atoms with E-state index in [1.54, 1.807) is 12.1 Å². The van der Waals surface area contributed by atoms with Gasteiger partial charge in [-0.05, 0) is 30.9 Å². The molecule has 0 saturated heterocycles. The van der Waals surface area contributed by atoms with Crippen molar-refractivity contribution in [1.29, 1.82) is 0 Å². The lowest BCUT2D eigenvalue weighted by molar-refractivity contribution is 0.102. The molecule has 4 rings (SSSR count). The van der Waals surface area contributed by atoms with E-state index in [2.05, 4.69) is 9.71 Å². The molecule has 156 valence electrons. The van der Waals surface area contributed by atoms with E-state index >= 15 is 0 Å². The molecule has 6 nitrogen and oxygen atoms in total. The standard InChI is InChI=1S/C22H23N3O3S2/c1-30(27,28)23-13-12-15-6-8-16(9-7-15)20(26)14-29-22-18-4-2-3-5-19(18)24-21(25-22)17-10-11-17/h2-9,17,23H,10-14H2,1H3. The second-order valence-corrected chi connectivity index (χ2v) is 10.3. The normalized spacial score (nSPS) is 14.2. The van der Waals surface area contributed by atoms with E-state index in [1.165, 1.54) is 11.8 Å². The summed E-state index contributed by atoms with van der Waals surface area (Å²) in [6, 6.07) is 15.3. The molecular weight excluding hydrogens is 418 g/mol. The fourth-order valence-electron chi connectivity index (χ4n) is 3.15. The average molecular weight is 442 g/mol. The third-order valence-electron chi connectivity index (χ3n) is 4.92. The van der Waals surface area contributed by atoms with Crippen molar-refractivity contribution in [3.63, 3.8) is 0 Å². The molecule has 0 spiro atoms. The number of fused-ring (bicyclic) bond motifs is 1. The van der Waals surface area contributed by atoms with Crippen molar-refractivity contribution < 1.29 is 13.2 Å². The topological polar surface area (TPSA) is 89.0 Å². The fourth-order valence-corrected chi connectivity index (χ4v) is 4.55. The number of aromatic nitrogens is 2. The maximum absolute atomic E-state index is 12.7.